The van der Waals surface area contributed by atoms with E-state index in [1.807, 2.05) is 13.0 Å². The smallest absolute Gasteiger partial charge is 0.145 e. The Labute approximate surface area is 119 Å². The minimum atomic E-state index is -0.366. The van der Waals surface area contributed by atoms with Gasteiger partial charge in [-0.05, 0) is 46.6 Å². The number of hydrogen-bond donors (Lipinski definition) is 1. The maximum absolute atomic E-state index is 13.3. The molecule has 0 fully saturated rings. The van der Waals surface area contributed by atoms with Crippen LogP contribution < -0.4 is 10.5 Å². The second-order valence-electron chi connectivity index (χ2n) is 4.11. The first-order chi connectivity index (χ1) is 9.10. The van der Waals surface area contributed by atoms with E-state index in [9.17, 15) is 4.39 Å². The topological polar surface area (TPSA) is 48.1 Å². The van der Waals surface area contributed by atoms with Crippen LogP contribution in [0.5, 0.6) is 11.5 Å². The van der Waals surface area contributed by atoms with E-state index in [0.29, 0.717) is 16.0 Å². The number of halogens is 2. The molecule has 0 aliphatic heterocycles. The summed E-state index contributed by atoms with van der Waals surface area (Å²) in [5.74, 6) is 0.610. The zero-order valence-electron chi connectivity index (χ0n) is 10.4. The Morgan fingerprint density at radius 1 is 1.32 bits per heavy atom. The summed E-state index contributed by atoms with van der Waals surface area (Å²) in [6.45, 7) is 2.00. The van der Waals surface area contributed by atoms with Gasteiger partial charge in [-0.25, -0.2) is 4.39 Å². The fraction of sp³-hybridized carbons (Fsp3) is 0.214. The normalized spacial score (nSPS) is 12.2. The zero-order chi connectivity index (χ0) is 13.8. The molecule has 0 aliphatic rings. The second kappa shape index (κ2) is 6.12. The monoisotopic (exact) mass is 324 g/mol. The number of hydrogen-bond acceptors (Lipinski definition) is 3. The van der Waals surface area contributed by atoms with Crippen molar-refractivity contribution in [3.8, 4) is 11.5 Å². The number of aromatic nitrogens is 1. The summed E-state index contributed by atoms with van der Waals surface area (Å²) in [7, 11) is 0. The summed E-state index contributed by atoms with van der Waals surface area (Å²) in [5, 5.41) is 0. The first kappa shape index (κ1) is 14.0. The van der Waals surface area contributed by atoms with E-state index in [1.165, 1.54) is 6.07 Å². The lowest BCUT2D eigenvalue weighted by molar-refractivity contribution is 0.473. The van der Waals surface area contributed by atoms with Gasteiger partial charge in [0.1, 0.15) is 17.3 Å². The minimum absolute atomic E-state index is 0.0702. The van der Waals surface area contributed by atoms with Crippen molar-refractivity contribution in [1.29, 1.82) is 0 Å². The highest BCUT2D eigenvalue weighted by atomic mass is 79.9. The molecule has 1 atom stereocenters. The van der Waals surface area contributed by atoms with E-state index >= 15 is 0 Å². The molecule has 0 spiro atoms. The number of rotatable bonds is 4. The van der Waals surface area contributed by atoms with Gasteiger partial charge in [-0.3, -0.25) is 4.98 Å². The molecule has 0 bridgehead atoms. The number of benzene rings is 1. The van der Waals surface area contributed by atoms with Crippen LogP contribution in [0, 0.1) is 5.82 Å². The molecule has 0 radical (unpaired) electrons. The highest BCUT2D eigenvalue weighted by Crippen LogP contribution is 2.25. The van der Waals surface area contributed by atoms with Gasteiger partial charge in [-0.2, -0.15) is 0 Å². The lowest BCUT2D eigenvalue weighted by Crippen LogP contribution is -2.10. The summed E-state index contributed by atoms with van der Waals surface area (Å²) in [6.07, 6.45) is 2.41. The van der Waals surface area contributed by atoms with Gasteiger partial charge in [0.2, 0.25) is 0 Å². The Morgan fingerprint density at radius 2 is 2.05 bits per heavy atom. The van der Waals surface area contributed by atoms with Crippen molar-refractivity contribution >= 4 is 15.9 Å². The van der Waals surface area contributed by atoms with Gasteiger partial charge in [0, 0.05) is 12.1 Å². The molecular formula is C14H14BrFN2O. The fourth-order valence-electron chi connectivity index (χ4n) is 1.56. The first-order valence-corrected chi connectivity index (χ1v) is 6.74. The van der Waals surface area contributed by atoms with Crippen LogP contribution >= 0.6 is 15.9 Å². The molecule has 1 aromatic carbocycles. The Balaban J connectivity index is 2.12. The first-order valence-electron chi connectivity index (χ1n) is 5.94. The minimum Gasteiger partial charge on any atom is -0.456 e. The third-order valence-electron chi connectivity index (χ3n) is 2.71. The third-order valence-corrected chi connectivity index (χ3v) is 3.35. The summed E-state index contributed by atoms with van der Waals surface area (Å²) in [5.41, 5.74) is 6.69. The predicted molar refractivity (Wildman–Crippen MR) is 75.6 cm³/mol. The van der Waals surface area contributed by atoms with Gasteiger partial charge in [0.05, 0.1) is 16.4 Å². The lowest BCUT2D eigenvalue weighted by atomic mass is 10.1. The summed E-state index contributed by atoms with van der Waals surface area (Å²) in [4.78, 5) is 4.23. The Kier molecular flexibility index (Phi) is 4.50. The maximum atomic E-state index is 13.3. The molecule has 5 heteroatoms. The van der Waals surface area contributed by atoms with Crippen molar-refractivity contribution in [2.45, 2.75) is 19.4 Å². The number of nitrogens with two attached hydrogens (primary N) is 1. The molecule has 1 aromatic heterocycles. The van der Waals surface area contributed by atoms with Crippen molar-refractivity contribution < 1.29 is 9.13 Å². The van der Waals surface area contributed by atoms with Crippen molar-refractivity contribution in [3.05, 3.63) is 52.5 Å². The quantitative estimate of drug-likeness (QED) is 0.917. The van der Waals surface area contributed by atoms with E-state index in [0.717, 1.165) is 12.1 Å². The largest absolute Gasteiger partial charge is 0.456 e. The van der Waals surface area contributed by atoms with Crippen molar-refractivity contribution in [2.75, 3.05) is 0 Å². The molecular weight excluding hydrogens is 311 g/mol. The van der Waals surface area contributed by atoms with Crippen LogP contribution in [0.2, 0.25) is 0 Å². The average Bonchev–Trinajstić information content (AvgIpc) is 2.43. The summed E-state index contributed by atoms with van der Waals surface area (Å²) >= 11 is 3.09. The molecule has 0 unspecified atom stereocenters. The van der Waals surface area contributed by atoms with E-state index in [1.54, 1.807) is 24.4 Å². The van der Waals surface area contributed by atoms with Crippen LogP contribution in [-0.4, -0.2) is 4.98 Å². The molecule has 0 saturated heterocycles. The standard InChI is InChI=1S/C14H14BrFN2O/c1-2-13(17)14-6-4-10(8-18-14)19-9-3-5-11(15)12(16)7-9/h3-8,13H,2,17H2,1H3/t13-/m0/s1. The highest BCUT2D eigenvalue weighted by molar-refractivity contribution is 9.10. The van der Waals surface area contributed by atoms with Crippen LogP contribution in [-0.2, 0) is 0 Å². The van der Waals surface area contributed by atoms with Crippen LogP contribution in [0.4, 0.5) is 4.39 Å². The number of nitrogens with zero attached hydrogens (tertiary/aromatic N) is 1. The molecule has 1 heterocycles. The second-order valence-corrected chi connectivity index (χ2v) is 4.97. The molecule has 19 heavy (non-hydrogen) atoms. The number of ether oxygens (including phenoxy) is 1. The zero-order valence-corrected chi connectivity index (χ0v) is 12.0. The molecule has 0 saturated carbocycles. The van der Waals surface area contributed by atoms with Crippen LogP contribution in [0.1, 0.15) is 25.1 Å². The average molecular weight is 325 g/mol. The molecule has 2 aromatic rings. The molecule has 2 N–H and O–H groups in total. The molecule has 0 aliphatic carbocycles. The Bertz CT molecular complexity index is 560. The van der Waals surface area contributed by atoms with Crippen molar-refractivity contribution in [1.82, 2.24) is 4.98 Å². The summed E-state index contributed by atoms with van der Waals surface area (Å²) < 4.78 is 19.3. The SMILES string of the molecule is CC[C@H](N)c1ccc(Oc2ccc(Br)c(F)c2)cn1. The van der Waals surface area contributed by atoms with Crippen molar-refractivity contribution in [2.24, 2.45) is 5.73 Å². The van der Waals surface area contributed by atoms with Crippen LogP contribution in [0.25, 0.3) is 0 Å². The Morgan fingerprint density at radius 3 is 2.63 bits per heavy atom. The van der Waals surface area contributed by atoms with Crippen LogP contribution in [0.3, 0.4) is 0 Å². The third kappa shape index (κ3) is 3.52. The van der Waals surface area contributed by atoms with E-state index < -0.39 is 0 Å². The molecule has 0 amide bonds. The van der Waals surface area contributed by atoms with Gasteiger partial charge in [0.25, 0.3) is 0 Å². The van der Waals surface area contributed by atoms with E-state index in [-0.39, 0.29) is 11.9 Å². The molecule has 3 nitrogen and oxygen atoms in total. The van der Waals surface area contributed by atoms with Gasteiger partial charge in [-0.1, -0.05) is 6.92 Å². The van der Waals surface area contributed by atoms with Gasteiger partial charge >= 0.3 is 0 Å². The number of pyridine rings is 1. The van der Waals surface area contributed by atoms with Gasteiger partial charge in [-0.15, -0.1) is 0 Å². The summed E-state index contributed by atoms with van der Waals surface area (Å²) in [6, 6.07) is 8.11. The van der Waals surface area contributed by atoms with E-state index in [4.69, 9.17) is 10.5 Å². The molecule has 100 valence electrons. The van der Waals surface area contributed by atoms with Gasteiger partial charge < -0.3 is 10.5 Å². The predicted octanol–water partition coefficient (Wildman–Crippen LogP) is 4.19. The van der Waals surface area contributed by atoms with Gasteiger partial charge in [0.15, 0.2) is 0 Å². The lowest BCUT2D eigenvalue weighted by Gasteiger charge is -2.10. The van der Waals surface area contributed by atoms with E-state index in [2.05, 4.69) is 20.9 Å². The molecule has 2 rings (SSSR count). The maximum Gasteiger partial charge on any atom is 0.145 e. The fourth-order valence-corrected chi connectivity index (χ4v) is 1.80. The Hall–Kier alpha value is -1.46. The highest BCUT2D eigenvalue weighted by Gasteiger charge is 2.06. The van der Waals surface area contributed by atoms with Crippen molar-refractivity contribution in [3.63, 3.8) is 0 Å². The van der Waals surface area contributed by atoms with Crippen LogP contribution in [0.15, 0.2) is 41.0 Å².